The molecule has 2 nitrogen and oxygen atoms in total. The van der Waals surface area contributed by atoms with Gasteiger partial charge in [0.25, 0.3) is 0 Å². The van der Waals surface area contributed by atoms with Crippen LogP contribution in [0.3, 0.4) is 0 Å². The molecule has 0 saturated carbocycles. The lowest BCUT2D eigenvalue weighted by Crippen LogP contribution is -2.24. The van der Waals surface area contributed by atoms with Crippen LogP contribution in [0.1, 0.15) is 5.56 Å². The zero-order valence-electron chi connectivity index (χ0n) is 7.31. The number of phenolic OH excluding ortho intramolecular Hbond substituents is 1. The Morgan fingerprint density at radius 1 is 1.40 bits per heavy atom. The molecule has 0 spiro atoms. The molecule has 1 aromatic rings. The molecule has 0 aliphatic carbocycles. The van der Waals surface area contributed by atoms with Crippen LogP contribution in [-0.2, 0) is 11.2 Å². The molecule has 0 radical (unpaired) electrons. The van der Waals surface area contributed by atoms with Gasteiger partial charge >= 0.3 is 6.18 Å². The van der Waals surface area contributed by atoms with Crippen LogP contribution in [0.5, 0.6) is 5.75 Å². The van der Waals surface area contributed by atoms with E-state index >= 15 is 0 Å². The van der Waals surface area contributed by atoms with E-state index in [1.54, 1.807) is 0 Å². The monoisotopic (exact) mass is 282 g/mol. The van der Waals surface area contributed by atoms with Gasteiger partial charge in [0.1, 0.15) is 5.75 Å². The smallest absolute Gasteiger partial charge is 0.450 e. The second-order valence-corrected chi connectivity index (χ2v) is 3.70. The third kappa shape index (κ3) is 2.95. The Kier molecular flexibility index (Phi) is 3.38. The van der Waals surface area contributed by atoms with Gasteiger partial charge in [-0.05, 0) is 22.0 Å². The molecular weight excluding hydrogens is 277 g/mol. The summed E-state index contributed by atoms with van der Waals surface area (Å²) in [4.78, 5) is 10.6. The fourth-order valence-electron chi connectivity index (χ4n) is 0.976. The molecule has 15 heavy (non-hydrogen) atoms. The first-order valence-corrected chi connectivity index (χ1v) is 4.68. The number of para-hydroxylation sites is 1. The van der Waals surface area contributed by atoms with E-state index in [1.807, 2.05) is 0 Å². The molecule has 0 aliphatic heterocycles. The summed E-state index contributed by atoms with van der Waals surface area (Å²) in [5, 5.41) is 9.35. The van der Waals surface area contributed by atoms with E-state index < -0.39 is 18.4 Å². The highest BCUT2D eigenvalue weighted by atomic mass is 79.9. The van der Waals surface area contributed by atoms with Crippen LogP contribution in [0.25, 0.3) is 0 Å². The van der Waals surface area contributed by atoms with E-state index in [0.29, 0.717) is 0 Å². The highest BCUT2D eigenvalue weighted by molar-refractivity contribution is 9.10. The largest absolute Gasteiger partial charge is 0.506 e. The highest BCUT2D eigenvalue weighted by Gasteiger charge is 2.38. The van der Waals surface area contributed by atoms with Gasteiger partial charge in [-0.15, -0.1) is 0 Å². The quantitative estimate of drug-likeness (QED) is 0.906. The molecule has 0 atom stereocenters. The molecule has 1 N–H and O–H groups in total. The zero-order chi connectivity index (χ0) is 11.6. The number of hydrogen-bond acceptors (Lipinski definition) is 2. The van der Waals surface area contributed by atoms with Crippen molar-refractivity contribution in [2.75, 3.05) is 0 Å². The molecule has 0 aliphatic rings. The summed E-state index contributed by atoms with van der Waals surface area (Å²) in [6.07, 6.45) is -5.72. The fourth-order valence-corrected chi connectivity index (χ4v) is 1.38. The molecular formula is C9H6BrF3O2. The van der Waals surface area contributed by atoms with Crippen molar-refractivity contribution in [1.82, 2.24) is 0 Å². The average molecular weight is 283 g/mol. The van der Waals surface area contributed by atoms with Crippen molar-refractivity contribution in [3.63, 3.8) is 0 Å². The number of ketones is 1. The van der Waals surface area contributed by atoms with Crippen molar-refractivity contribution in [2.24, 2.45) is 0 Å². The number of halogens is 4. The minimum absolute atomic E-state index is 0.0494. The minimum Gasteiger partial charge on any atom is -0.506 e. The Morgan fingerprint density at radius 3 is 2.53 bits per heavy atom. The zero-order valence-corrected chi connectivity index (χ0v) is 8.89. The first-order valence-electron chi connectivity index (χ1n) is 3.88. The lowest BCUT2D eigenvalue weighted by molar-refractivity contribution is -0.170. The summed E-state index contributed by atoms with van der Waals surface area (Å²) in [6, 6.07) is 4.18. The van der Waals surface area contributed by atoms with Gasteiger partial charge in [-0.2, -0.15) is 13.2 Å². The Labute approximate surface area is 91.8 Å². The number of phenols is 1. The number of alkyl halides is 3. The van der Waals surface area contributed by atoms with Gasteiger partial charge in [-0.1, -0.05) is 12.1 Å². The van der Waals surface area contributed by atoms with E-state index in [-0.39, 0.29) is 15.8 Å². The summed E-state index contributed by atoms with van der Waals surface area (Å²) >= 11 is 2.94. The van der Waals surface area contributed by atoms with Crippen LogP contribution in [-0.4, -0.2) is 17.1 Å². The number of carbonyl (C=O) groups is 1. The number of benzene rings is 1. The maximum atomic E-state index is 11.9. The second-order valence-electron chi connectivity index (χ2n) is 2.85. The lowest BCUT2D eigenvalue weighted by Gasteiger charge is -2.07. The summed E-state index contributed by atoms with van der Waals surface area (Å²) in [6.45, 7) is 0. The predicted octanol–water partition coefficient (Wildman–Crippen LogP) is 2.83. The molecule has 0 bridgehead atoms. The van der Waals surface area contributed by atoms with Crippen molar-refractivity contribution in [1.29, 1.82) is 0 Å². The maximum Gasteiger partial charge on any atom is 0.450 e. The van der Waals surface area contributed by atoms with Crippen LogP contribution in [0.2, 0.25) is 0 Å². The maximum absolute atomic E-state index is 11.9. The Hall–Kier alpha value is -1.04. The Bertz CT molecular complexity index is 387. The molecule has 1 rings (SSSR count). The summed E-state index contributed by atoms with van der Waals surface area (Å²) in [5.41, 5.74) is -0.0494. The van der Waals surface area contributed by atoms with Crippen molar-refractivity contribution >= 4 is 21.7 Å². The molecule has 0 heterocycles. The van der Waals surface area contributed by atoms with E-state index in [2.05, 4.69) is 15.9 Å². The SMILES string of the molecule is O=C(Cc1cccc(Br)c1O)C(F)(F)F. The van der Waals surface area contributed by atoms with Gasteiger partial charge in [0.15, 0.2) is 0 Å². The van der Waals surface area contributed by atoms with E-state index in [9.17, 15) is 23.1 Å². The molecule has 0 fully saturated rings. The Balaban J connectivity index is 2.91. The van der Waals surface area contributed by atoms with E-state index in [0.717, 1.165) is 0 Å². The third-order valence-corrected chi connectivity index (χ3v) is 2.38. The minimum atomic E-state index is -4.87. The standard InChI is InChI=1S/C9H6BrF3O2/c10-6-3-1-2-5(8(6)15)4-7(14)9(11,12)13/h1-3,15H,4H2. The third-order valence-electron chi connectivity index (χ3n) is 1.74. The van der Waals surface area contributed by atoms with Gasteiger partial charge in [0.2, 0.25) is 5.78 Å². The second kappa shape index (κ2) is 4.22. The van der Waals surface area contributed by atoms with Crippen molar-refractivity contribution in [3.8, 4) is 5.75 Å². The van der Waals surface area contributed by atoms with Gasteiger partial charge in [0, 0.05) is 12.0 Å². The Morgan fingerprint density at radius 2 is 2.00 bits per heavy atom. The molecule has 0 unspecified atom stereocenters. The van der Waals surface area contributed by atoms with Crippen molar-refractivity contribution in [3.05, 3.63) is 28.2 Å². The molecule has 6 heteroatoms. The van der Waals surface area contributed by atoms with Gasteiger partial charge in [0.05, 0.1) is 4.47 Å². The average Bonchev–Trinajstić information content (AvgIpc) is 2.11. The van der Waals surface area contributed by atoms with Gasteiger partial charge in [-0.3, -0.25) is 4.79 Å². The number of aromatic hydroxyl groups is 1. The fraction of sp³-hybridized carbons (Fsp3) is 0.222. The van der Waals surface area contributed by atoms with Crippen LogP contribution in [0.15, 0.2) is 22.7 Å². The van der Waals surface area contributed by atoms with E-state index in [4.69, 9.17) is 0 Å². The number of carbonyl (C=O) groups excluding carboxylic acids is 1. The molecule has 0 amide bonds. The first-order chi connectivity index (χ1) is 6.82. The topological polar surface area (TPSA) is 37.3 Å². The first kappa shape index (κ1) is 12.0. The van der Waals surface area contributed by atoms with Gasteiger partial charge < -0.3 is 5.11 Å². The van der Waals surface area contributed by atoms with Crippen LogP contribution < -0.4 is 0 Å². The normalized spacial score (nSPS) is 11.5. The van der Waals surface area contributed by atoms with Crippen LogP contribution in [0, 0.1) is 0 Å². The summed E-state index contributed by atoms with van der Waals surface area (Å²) in [7, 11) is 0. The number of hydrogen-bond donors (Lipinski definition) is 1. The summed E-state index contributed by atoms with van der Waals surface area (Å²) < 4.78 is 36.0. The number of Topliss-reactive ketones (excluding diaryl/α,β-unsaturated/α-hetero) is 1. The van der Waals surface area contributed by atoms with Crippen molar-refractivity contribution in [2.45, 2.75) is 12.6 Å². The predicted molar refractivity (Wildman–Crippen MR) is 50.6 cm³/mol. The molecule has 0 aromatic heterocycles. The van der Waals surface area contributed by atoms with E-state index in [1.165, 1.54) is 18.2 Å². The molecule has 82 valence electrons. The lowest BCUT2D eigenvalue weighted by atomic mass is 10.1. The highest BCUT2D eigenvalue weighted by Crippen LogP contribution is 2.29. The molecule has 0 saturated heterocycles. The van der Waals surface area contributed by atoms with Gasteiger partial charge in [-0.25, -0.2) is 0 Å². The van der Waals surface area contributed by atoms with Crippen LogP contribution >= 0.6 is 15.9 Å². The number of rotatable bonds is 2. The molecule has 1 aromatic carbocycles. The van der Waals surface area contributed by atoms with Crippen molar-refractivity contribution < 1.29 is 23.1 Å². The summed E-state index contributed by atoms with van der Waals surface area (Å²) in [5.74, 6) is -2.22. The van der Waals surface area contributed by atoms with Crippen LogP contribution in [0.4, 0.5) is 13.2 Å².